The van der Waals surface area contributed by atoms with Gasteiger partial charge in [0.15, 0.2) is 0 Å². The van der Waals surface area contributed by atoms with Crippen molar-refractivity contribution < 1.29 is 37.0 Å². The zero-order chi connectivity index (χ0) is 29.3. The van der Waals surface area contributed by atoms with Crippen molar-refractivity contribution in [3.05, 3.63) is 101 Å². The Morgan fingerprint density at radius 2 is 1.68 bits per heavy atom. The zero-order valence-corrected chi connectivity index (χ0v) is 22.0. The smallest absolute Gasteiger partial charge is 0.416 e. The van der Waals surface area contributed by atoms with Crippen LogP contribution in [0.1, 0.15) is 46.4 Å². The summed E-state index contributed by atoms with van der Waals surface area (Å²) >= 11 is 0. The van der Waals surface area contributed by atoms with E-state index >= 15 is 0 Å². The van der Waals surface area contributed by atoms with Crippen LogP contribution in [0.25, 0.3) is 16.9 Å². The van der Waals surface area contributed by atoms with Gasteiger partial charge in [0, 0.05) is 35.6 Å². The summed E-state index contributed by atoms with van der Waals surface area (Å²) in [5.41, 5.74) is 1.54. The lowest BCUT2D eigenvalue weighted by Crippen LogP contribution is -2.35. The molecular weight excluding hydrogens is 540 g/mol. The standard InChI is InChI=1S/C31H26F4N2O4/c1-19-5-11-27(37(19)25-15-21(30(39)40)14-24(17-25)36-13-3-2-4-29(36)38)26-16-22(31(33,34)35)8-12-28(26)41-18-20-6-9-23(32)10-7-20/h5-12,14-17H,2-4,13,18H2,1H3,(H,39,40). The number of aromatic carboxylic acids is 1. The minimum Gasteiger partial charge on any atom is -0.488 e. The van der Waals surface area contributed by atoms with Gasteiger partial charge in [-0.15, -0.1) is 0 Å². The van der Waals surface area contributed by atoms with Gasteiger partial charge in [0.1, 0.15) is 18.2 Å². The van der Waals surface area contributed by atoms with Gasteiger partial charge >= 0.3 is 12.1 Å². The maximum Gasteiger partial charge on any atom is 0.416 e. The molecule has 0 unspecified atom stereocenters. The van der Waals surface area contributed by atoms with Crippen LogP contribution in [0.2, 0.25) is 0 Å². The third-order valence-corrected chi connectivity index (χ3v) is 7.01. The monoisotopic (exact) mass is 566 g/mol. The first-order chi connectivity index (χ1) is 19.5. The van der Waals surface area contributed by atoms with Gasteiger partial charge in [-0.2, -0.15) is 13.2 Å². The molecule has 0 bridgehead atoms. The molecule has 5 rings (SSSR count). The van der Waals surface area contributed by atoms with Crippen molar-refractivity contribution in [2.75, 3.05) is 11.4 Å². The number of aryl methyl sites for hydroxylation is 1. The summed E-state index contributed by atoms with van der Waals surface area (Å²) in [4.78, 5) is 26.2. The van der Waals surface area contributed by atoms with E-state index < -0.39 is 23.5 Å². The molecule has 10 heteroatoms. The van der Waals surface area contributed by atoms with Gasteiger partial charge in [0.05, 0.1) is 16.8 Å². The number of amides is 1. The summed E-state index contributed by atoms with van der Waals surface area (Å²) in [5.74, 6) is -1.59. The summed E-state index contributed by atoms with van der Waals surface area (Å²) in [5, 5.41) is 9.84. The van der Waals surface area contributed by atoms with E-state index in [0.29, 0.717) is 41.3 Å². The fourth-order valence-corrected chi connectivity index (χ4v) is 4.95. The highest BCUT2D eigenvalue weighted by atomic mass is 19.4. The lowest BCUT2D eigenvalue weighted by Gasteiger charge is -2.28. The van der Waals surface area contributed by atoms with E-state index in [4.69, 9.17) is 4.74 Å². The van der Waals surface area contributed by atoms with Gasteiger partial charge in [-0.1, -0.05) is 12.1 Å². The molecule has 2 heterocycles. The number of alkyl halides is 3. The van der Waals surface area contributed by atoms with E-state index in [1.807, 2.05) is 0 Å². The first-order valence-electron chi connectivity index (χ1n) is 13.0. The molecule has 1 N–H and O–H groups in total. The minimum absolute atomic E-state index is 0.0198. The predicted octanol–water partition coefficient (Wildman–Crippen LogP) is 7.40. The third-order valence-electron chi connectivity index (χ3n) is 7.01. The molecule has 1 fully saturated rings. The quantitative estimate of drug-likeness (QED) is 0.237. The second kappa shape index (κ2) is 11.1. The predicted molar refractivity (Wildman–Crippen MR) is 145 cm³/mol. The van der Waals surface area contributed by atoms with Crippen LogP contribution in [0.15, 0.2) is 72.8 Å². The third kappa shape index (κ3) is 5.96. The molecule has 4 aromatic rings. The summed E-state index contributed by atoms with van der Waals surface area (Å²) in [6, 6.07) is 16.6. The van der Waals surface area contributed by atoms with Crippen molar-refractivity contribution in [3.8, 4) is 22.7 Å². The molecule has 0 radical (unpaired) electrons. The molecule has 3 aromatic carbocycles. The highest BCUT2D eigenvalue weighted by Crippen LogP contribution is 2.40. The van der Waals surface area contributed by atoms with Crippen molar-refractivity contribution in [3.63, 3.8) is 0 Å². The Labute approximate surface area is 233 Å². The summed E-state index contributed by atoms with van der Waals surface area (Å²) < 4.78 is 62.3. The number of anilines is 1. The number of rotatable bonds is 7. The number of aromatic nitrogens is 1. The number of piperidine rings is 1. The molecule has 1 saturated heterocycles. The number of hydrogen-bond acceptors (Lipinski definition) is 3. The van der Waals surface area contributed by atoms with Crippen LogP contribution in [0.5, 0.6) is 5.75 Å². The number of nitrogens with zero attached hydrogens (tertiary/aromatic N) is 2. The lowest BCUT2D eigenvalue weighted by atomic mass is 10.0. The largest absolute Gasteiger partial charge is 0.488 e. The van der Waals surface area contributed by atoms with E-state index in [1.54, 1.807) is 34.6 Å². The summed E-state index contributed by atoms with van der Waals surface area (Å²) in [7, 11) is 0. The number of hydrogen-bond donors (Lipinski definition) is 1. The van der Waals surface area contributed by atoms with E-state index in [-0.39, 0.29) is 29.4 Å². The van der Waals surface area contributed by atoms with E-state index in [0.717, 1.165) is 25.0 Å². The van der Waals surface area contributed by atoms with Crippen LogP contribution in [0, 0.1) is 12.7 Å². The molecule has 0 spiro atoms. The fraction of sp³-hybridized carbons (Fsp3) is 0.226. The Morgan fingerprint density at radius 3 is 2.37 bits per heavy atom. The molecule has 1 aromatic heterocycles. The van der Waals surface area contributed by atoms with Crippen molar-refractivity contribution >= 4 is 17.6 Å². The number of halogens is 4. The first-order valence-corrected chi connectivity index (χ1v) is 13.0. The Balaban J connectivity index is 1.64. The molecule has 0 atom stereocenters. The highest BCUT2D eigenvalue weighted by Gasteiger charge is 2.32. The Kier molecular flexibility index (Phi) is 7.57. The Bertz CT molecular complexity index is 1610. The number of ether oxygens (including phenoxy) is 1. The topological polar surface area (TPSA) is 71.8 Å². The SMILES string of the molecule is Cc1ccc(-c2cc(C(F)(F)F)ccc2OCc2ccc(F)cc2)n1-c1cc(C(=O)O)cc(N2CCCCC2=O)c1. The molecule has 1 aliphatic rings. The van der Waals surface area contributed by atoms with Crippen molar-refractivity contribution in [1.82, 2.24) is 4.57 Å². The average Bonchev–Trinajstić information content (AvgIpc) is 3.33. The molecular formula is C31H26F4N2O4. The zero-order valence-electron chi connectivity index (χ0n) is 22.0. The van der Waals surface area contributed by atoms with Crippen LogP contribution >= 0.6 is 0 Å². The summed E-state index contributed by atoms with van der Waals surface area (Å²) in [6.45, 7) is 2.16. The number of benzene rings is 3. The molecule has 212 valence electrons. The minimum atomic E-state index is -4.62. The molecule has 1 aliphatic heterocycles. The van der Waals surface area contributed by atoms with Gasteiger partial charge in [-0.05, 0) is 86.0 Å². The molecule has 1 amide bonds. The Hall–Kier alpha value is -4.60. The lowest BCUT2D eigenvalue weighted by molar-refractivity contribution is -0.137. The maximum atomic E-state index is 13.8. The molecule has 0 saturated carbocycles. The van der Waals surface area contributed by atoms with Crippen LogP contribution in [0.4, 0.5) is 23.2 Å². The van der Waals surface area contributed by atoms with Crippen molar-refractivity contribution in [2.45, 2.75) is 39.0 Å². The number of carboxylic acid groups (broad SMARTS) is 1. The second-order valence-electron chi connectivity index (χ2n) is 9.86. The maximum absolute atomic E-state index is 13.8. The van der Waals surface area contributed by atoms with Crippen LogP contribution < -0.4 is 9.64 Å². The second-order valence-corrected chi connectivity index (χ2v) is 9.86. The van der Waals surface area contributed by atoms with Gasteiger partial charge < -0.3 is 19.3 Å². The number of carbonyl (C=O) groups is 2. The van der Waals surface area contributed by atoms with Crippen LogP contribution in [-0.2, 0) is 17.6 Å². The van der Waals surface area contributed by atoms with Gasteiger partial charge in [0.25, 0.3) is 0 Å². The molecule has 0 aliphatic carbocycles. The van der Waals surface area contributed by atoms with Crippen molar-refractivity contribution in [1.29, 1.82) is 0 Å². The molecule has 41 heavy (non-hydrogen) atoms. The Morgan fingerprint density at radius 1 is 0.951 bits per heavy atom. The average molecular weight is 567 g/mol. The van der Waals surface area contributed by atoms with Gasteiger partial charge in [0.2, 0.25) is 5.91 Å². The van der Waals surface area contributed by atoms with Crippen molar-refractivity contribution in [2.24, 2.45) is 0 Å². The normalized spacial score (nSPS) is 13.9. The number of carbonyl (C=O) groups excluding carboxylic acids is 1. The van der Waals surface area contributed by atoms with E-state index in [2.05, 4.69) is 0 Å². The van der Waals surface area contributed by atoms with Crippen LogP contribution in [0.3, 0.4) is 0 Å². The number of carboxylic acids is 1. The summed E-state index contributed by atoms with van der Waals surface area (Å²) in [6.07, 6.45) is -2.76. The fourth-order valence-electron chi connectivity index (χ4n) is 4.95. The van der Waals surface area contributed by atoms with E-state index in [1.165, 1.54) is 42.5 Å². The van der Waals surface area contributed by atoms with E-state index in [9.17, 15) is 32.3 Å². The molecule has 6 nitrogen and oxygen atoms in total. The first kappa shape index (κ1) is 27.9. The van der Waals surface area contributed by atoms with Gasteiger partial charge in [-0.25, -0.2) is 9.18 Å². The van der Waals surface area contributed by atoms with Gasteiger partial charge in [-0.3, -0.25) is 4.79 Å². The van der Waals surface area contributed by atoms with Crippen LogP contribution in [-0.4, -0.2) is 28.1 Å². The highest BCUT2D eigenvalue weighted by molar-refractivity contribution is 5.97.